The second kappa shape index (κ2) is 10.9. The van der Waals surface area contributed by atoms with Crippen LogP contribution >= 0.6 is 0 Å². The van der Waals surface area contributed by atoms with Gasteiger partial charge in [0, 0.05) is 13.0 Å². The summed E-state index contributed by atoms with van der Waals surface area (Å²) in [4.78, 5) is 11.4. The number of nitrogens with two attached hydrogens (primary N) is 1. The molecule has 0 radical (unpaired) electrons. The van der Waals surface area contributed by atoms with Gasteiger partial charge in [0.05, 0.1) is 0 Å². The fraction of sp³-hybridized carbons (Fsp3) is 0.923. The molecule has 0 aromatic rings. The van der Waals surface area contributed by atoms with Gasteiger partial charge in [0.1, 0.15) is 0 Å². The Balaban J connectivity index is 3.21. The molecule has 0 fully saturated rings. The molecule has 1 atom stereocenters. The highest BCUT2D eigenvalue weighted by atomic mass is 16.1. The predicted molar refractivity (Wildman–Crippen MR) is 69.2 cm³/mol. The highest BCUT2D eigenvalue weighted by molar-refractivity contribution is 5.76. The van der Waals surface area contributed by atoms with E-state index in [2.05, 4.69) is 19.2 Å². The van der Waals surface area contributed by atoms with Gasteiger partial charge < -0.3 is 11.1 Å². The number of hydrogen-bond acceptors (Lipinski definition) is 2. The number of carbonyl (C=O) groups is 1. The molecule has 16 heavy (non-hydrogen) atoms. The van der Waals surface area contributed by atoms with Crippen LogP contribution in [-0.4, -0.2) is 19.0 Å². The number of amides is 1. The molecule has 1 amide bonds. The minimum absolute atomic E-state index is 0.205. The number of hydrogen-bond donors (Lipinski definition) is 2. The minimum Gasteiger partial charge on any atom is -0.356 e. The Kier molecular flexibility index (Phi) is 10.5. The molecular formula is C13H28N2O. The van der Waals surface area contributed by atoms with E-state index in [1.165, 1.54) is 19.3 Å². The van der Waals surface area contributed by atoms with Gasteiger partial charge in [-0.05, 0) is 25.3 Å². The quantitative estimate of drug-likeness (QED) is 0.564. The Labute approximate surface area is 100 Å². The summed E-state index contributed by atoms with van der Waals surface area (Å²) in [5, 5.41) is 2.98. The van der Waals surface area contributed by atoms with Crippen LogP contribution in [0.3, 0.4) is 0 Å². The molecule has 0 aromatic carbocycles. The Morgan fingerprint density at radius 2 is 1.81 bits per heavy atom. The highest BCUT2D eigenvalue weighted by Gasteiger charge is 2.05. The number of nitrogens with one attached hydrogen (secondary N) is 1. The van der Waals surface area contributed by atoms with E-state index >= 15 is 0 Å². The Morgan fingerprint density at radius 1 is 1.19 bits per heavy atom. The first kappa shape index (κ1) is 15.4. The summed E-state index contributed by atoms with van der Waals surface area (Å²) >= 11 is 0. The summed E-state index contributed by atoms with van der Waals surface area (Å²) in [5.41, 5.74) is 5.41. The first-order valence-corrected chi connectivity index (χ1v) is 6.67. The second-order valence-corrected chi connectivity index (χ2v) is 4.62. The average Bonchev–Trinajstić information content (AvgIpc) is 2.27. The van der Waals surface area contributed by atoms with Crippen molar-refractivity contribution in [3.63, 3.8) is 0 Å². The largest absolute Gasteiger partial charge is 0.356 e. The number of unbranched alkanes of at least 4 members (excludes halogenated alkanes) is 4. The molecule has 0 spiro atoms. The fourth-order valence-electron chi connectivity index (χ4n) is 1.56. The first-order chi connectivity index (χ1) is 7.70. The summed E-state index contributed by atoms with van der Waals surface area (Å²) in [6, 6.07) is 0. The van der Waals surface area contributed by atoms with E-state index in [0.717, 1.165) is 32.4 Å². The van der Waals surface area contributed by atoms with Crippen LogP contribution < -0.4 is 11.1 Å². The van der Waals surface area contributed by atoms with Crippen molar-refractivity contribution in [3.05, 3.63) is 0 Å². The van der Waals surface area contributed by atoms with Gasteiger partial charge in [-0.1, -0.05) is 39.5 Å². The maximum absolute atomic E-state index is 11.4. The lowest BCUT2D eigenvalue weighted by molar-refractivity contribution is -0.121. The molecule has 0 rings (SSSR count). The second-order valence-electron chi connectivity index (χ2n) is 4.62. The summed E-state index contributed by atoms with van der Waals surface area (Å²) in [5.74, 6) is 0.709. The number of rotatable bonds is 10. The lowest BCUT2D eigenvalue weighted by atomic mass is 10.1. The Bertz CT molecular complexity index is 171. The van der Waals surface area contributed by atoms with Crippen LogP contribution in [-0.2, 0) is 4.79 Å². The molecule has 0 heterocycles. The zero-order valence-electron chi connectivity index (χ0n) is 10.9. The lowest BCUT2D eigenvalue weighted by Gasteiger charge is -2.08. The Morgan fingerprint density at radius 3 is 2.44 bits per heavy atom. The lowest BCUT2D eigenvalue weighted by Crippen LogP contribution is -2.25. The smallest absolute Gasteiger partial charge is 0.220 e. The van der Waals surface area contributed by atoms with Crippen molar-refractivity contribution in [3.8, 4) is 0 Å². The van der Waals surface area contributed by atoms with Crippen molar-refractivity contribution in [1.82, 2.24) is 5.32 Å². The van der Waals surface area contributed by atoms with Gasteiger partial charge in [-0.25, -0.2) is 0 Å². The third-order valence-corrected chi connectivity index (χ3v) is 2.93. The van der Waals surface area contributed by atoms with Gasteiger partial charge in [0.2, 0.25) is 5.91 Å². The summed E-state index contributed by atoms with van der Waals surface area (Å²) in [6.45, 7) is 5.87. The van der Waals surface area contributed by atoms with E-state index in [0.29, 0.717) is 12.3 Å². The van der Waals surface area contributed by atoms with Crippen LogP contribution in [0.15, 0.2) is 0 Å². The van der Waals surface area contributed by atoms with Gasteiger partial charge in [0.15, 0.2) is 0 Å². The van der Waals surface area contributed by atoms with E-state index < -0.39 is 0 Å². The van der Waals surface area contributed by atoms with Crippen molar-refractivity contribution in [2.75, 3.05) is 13.1 Å². The van der Waals surface area contributed by atoms with Gasteiger partial charge >= 0.3 is 0 Å². The molecule has 0 aromatic heterocycles. The minimum atomic E-state index is 0.205. The normalized spacial score (nSPS) is 12.4. The van der Waals surface area contributed by atoms with Crippen LogP contribution in [0.25, 0.3) is 0 Å². The standard InChI is InChI=1S/C13H28N2O/c1-3-12(2)11-13(16)15-10-8-6-4-5-7-9-14/h12H,3-11,14H2,1-2H3,(H,15,16). The Hall–Kier alpha value is -0.570. The van der Waals surface area contributed by atoms with Crippen molar-refractivity contribution >= 4 is 5.91 Å². The van der Waals surface area contributed by atoms with Crippen LogP contribution in [0.4, 0.5) is 0 Å². The molecule has 0 saturated carbocycles. The first-order valence-electron chi connectivity index (χ1n) is 6.67. The zero-order valence-corrected chi connectivity index (χ0v) is 10.9. The van der Waals surface area contributed by atoms with Crippen LogP contribution in [0.5, 0.6) is 0 Å². The molecule has 0 aliphatic carbocycles. The zero-order chi connectivity index (χ0) is 12.2. The van der Waals surface area contributed by atoms with E-state index in [4.69, 9.17) is 5.73 Å². The van der Waals surface area contributed by atoms with E-state index in [-0.39, 0.29) is 5.91 Å². The van der Waals surface area contributed by atoms with Crippen molar-refractivity contribution in [1.29, 1.82) is 0 Å². The summed E-state index contributed by atoms with van der Waals surface area (Å²) < 4.78 is 0. The average molecular weight is 228 g/mol. The van der Waals surface area contributed by atoms with E-state index in [9.17, 15) is 4.79 Å². The molecule has 0 bridgehead atoms. The molecular weight excluding hydrogens is 200 g/mol. The topological polar surface area (TPSA) is 55.1 Å². The predicted octanol–water partition coefficient (Wildman–Crippen LogP) is 2.45. The van der Waals surface area contributed by atoms with E-state index in [1.54, 1.807) is 0 Å². The van der Waals surface area contributed by atoms with Crippen molar-refractivity contribution in [2.24, 2.45) is 11.7 Å². The van der Waals surface area contributed by atoms with Gasteiger partial charge in [-0.2, -0.15) is 0 Å². The van der Waals surface area contributed by atoms with Crippen molar-refractivity contribution in [2.45, 2.75) is 58.8 Å². The van der Waals surface area contributed by atoms with Crippen LogP contribution in [0.1, 0.15) is 58.8 Å². The maximum Gasteiger partial charge on any atom is 0.220 e. The number of carbonyl (C=O) groups excluding carboxylic acids is 1. The molecule has 0 saturated heterocycles. The summed E-state index contributed by atoms with van der Waals surface area (Å²) in [6.07, 6.45) is 7.62. The van der Waals surface area contributed by atoms with Gasteiger partial charge in [0.25, 0.3) is 0 Å². The fourth-order valence-corrected chi connectivity index (χ4v) is 1.56. The molecule has 3 heteroatoms. The van der Waals surface area contributed by atoms with E-state index in [1.807, 2.05) is 0 Å². The monoisotopic (exact) mass is 228 g/mol. The molecule has 3 N–H and O–H groups in total. The third-order valence-electron chi connectivity index (χ3n) is 2.93. The van der Waals surface area contributed by atoms with Crippen LogP contribution in [0, 0.1) is 5.92 Å². The molecule has 96 valence electrons. The molecule has 0 aliphatic rings. The van der Waals surface area contributed by atoms with Crippen molar-refractivity contribution < 1.29 is 4.79 Å². The highest BCUT2D eigenvalue weighted by Crippen LogP contribution is 2.06. The molecule has 0 aliphatic heterocycles. The van der Waals surface area contributed by atoms with Crippen LogP contribution in [0.2, 0.25) is 0 Å². The SMILES string of the molecule is CCC(C)CC(=O)NCCCCCCCN. The van der Waals surface area contributed by atoms with Gasteiger partial charge in [-0.3, -0.25) is 4.79 Å². The van der Waals surface area contributed by atoms with Gasteiger partial charge in [-0.15, -0.1) is 0 Å². The maximum atomic E-state index is 11.4. The molecule has 3 nitrogen and oxygen atoms in total. The third kappa shape index (κ3) is 9.97. The summed E-state index contributed by atoms with van der Waals surface area (Å²) in [7, 11) is 0. The molecule has 1 unspecified atom stereocenters.